The molecule has 3 N–H and O–H groups in total. The monoisotopic (exact) mass is 531 g/mol. The molecule has 0 amide bonds. The number of aryl methyl sites for hydroxylation is 1. The van der Waals surface area contributed by atoms with Crippen LogP contribution in [-0.4, -0.2) is 39.3 Å². The number of carbonyl (C=O) groups is 1. The third-order valence-electron chi connectivity index (χ3n) is 4.52. The van der Waals surface area contributed by atoms with Crippen LogP contribution in [0.15, 0.2) is 52.1 Å². The highest BCUT2D eigenvalue weighted by molar-refractivity contribution is 7.89. The number of halogens is 3. The molecule has 0 aliphatic carbocycles. The van der Waals surface area contributed by atoms with Gasteiger partial charge in [0.1, 0.15) is 28.0 Å². The number of sulfonamides is 1. The molecule has 0 radical (unpaired) electrons. The molecule has 2 aromatic carbocycles. The van der Waals surface area contributed by atoms with E-state index in [-0.39, 0.29) is 23.0 Å². The second kappa shape index (κ2) is 12.7. The van der Waals surface area contributed by atoms with Gasteiger partial charge >= 0.3 is 5.97 Å². The fourth-order valence-electron chi connectivity index (χ4n) is 2.86. The van der Waals surface area contributed by atoms with Crippen LogP contribution in [-0.2, 0) is 21.2 Å². The summed E-state index contributed by atoms with van der Waals surface area (Å²) >= 11 is 12.3. The van der Waals surface area contributed by atoms with Crippen molar-refractivity contribution >= 4 is 45.9 Å². The third-order valence-corrected chi connectivity index (χ3v) is 6.42. The van der Waals surface area contributed by atoms with Crippen LogP contribution >= 0.6 is 23.2 Å². The molecular weight excluding hydrogens is 508 g/mol. The predicted molar refractivity (Wildman–Crippen MR) is 130 cm³/mol. The van der Waals surface area contributed by atoms with Gasteiger partial charge in [0.2, 0.25) is 0 Å². The van der Waals surface area contributed by atoms with Crippen molar-refractivity contribution < 1.29 is 27.4 Å². The number of carboxylic acids is 1. The van der Waals surface area contributed by atoms with Crippen LogP contribution in [0.4, 0.5) is 4.39 Å². The van der Waals surface area contributed by atoms with Gasteiger partial charge in [0, 0.05) is 17.6 Å². The van der Waals surface area contributed by atoms with E-state index in [0.717, 1.165) is 17.7 Å². The van der Waals surface area contributed by atoms with Crippen LogP contribution < -0.4 is 14.8 Å². The van der Waals surface area contributed by atoms with Crippen LogP contribution in [0.3, 0.4) is 0 Å². The molecule has 2 aromatic rings. The fourth-order valence-corrected chi connectivity index (χ4v) is 4.47. The van der Waals surface area contributed by atoms with E-state index in [4.69, 9.17) is 33.0 Å². The lowest BCUT2D eigenvalue weighted by atomic mass is 10.1. The second-order valence-electron chi connectivity index (χ2n) is 7.00. The van der Waals surface area contributed by atoms with Crippen molar-refractivity contribution in [2.24, 2.45) is 4.99 Å². The maximum absolute atomic E-state index is 14.7. The lowest BCUT2D eigenvalue weighted by Crippen LogP contribution is -2.23. The van der Waals surface area contributed by atoms with Crippen LogP contribution in [0.2, 0.25) is 10.0 Å². The average molecular weight is 532 g/mol. The van der Waals surface area contributed by atoms with Gasteiger partial charge in [0.15, 0.2) is 0 Å². The van der Waals surface area contributed by atoms with Crippen LogP contribution in [0.1, 0.15) is 25.3 Å². The van der Waals surface area contributed by atoms with Gasteiger partial charge in [-0.1, -0.05) is 23.2 Å². The first-order chi connectivity index (χ1) is 16.1. The zero-order valence-electron chi connectivity index (χ0n) is 18.3. The topological polar surface area (TPSA) is 117 Å². The minimum absolute atomic E-state index is 0.0248. The summed E-state index contributed by atoms with van der Waals surface area (Å²) in [4.78, 5) is 13.4. The Kier molecular flexibility index (Phi) is 10.3. The minimum Gasteiger partial charge on any atom is -0.481 e. The summed E-state index contributed by atoms with van der Waals surface area (Å²) in [5.41, 5.74) is 0.720. The summed E-state index contributed by atoms with van der Waals surface area (Å²) in [6, 6.07) is 6.73. The average Bonchev–Trinajstić information content (AvgIpc) is 2.77. The zero-order valence-corrected chi connectivity index (χ0v) is 20.6. The number of nitrogens with zero attached hydrogens (tertiary/aromatic N) is 1. The van der Waals surface area contributed by atoms with Crippen LogP contribution in [0.25, 0.3) is 0 Å². The quantitative estimate of drug-likeness (QED) is 0.253. The van der Waals surface area contributed by atoms with Gasteiger partial charge in [-0.3, -0.25) is 9.52 Å². The number of rotatable bonds is 13. The summed E-state index contributed by atoms with van der Waals surface area (Å²) in [6.07, 6.45) is 2.58. The van der Waals surface area contributed by atoms with Gasteiger partial charge in [0.05, 0.1) is 11.4 Å². The molecule has 0 saturated heterocycles. The Labute approximate surface area is 207 Å². The molecule has 0 fully saturated rings. The summed E-state index contributed by atoms with van der Waals surface area (Å²) < 4.78 is 47.6. The number of aliphatic imine (C=N–C) groups is 1. The summed E-state index contributed by atoms with van der Waals surface area (Å²) in [7, 11) is -4.29. The van der Waals surface area contributed by atoms with Crippen LogP contribution in [0.5, 0.6) is 11.5 Å². The molecule has 0 atom stereocenters. The first kappa shape index (κ1) is 27.6. The van der Waals surface area contributed by atoms with E-state index in [2.05, 4.69) is 21.7 Å². The molecule has 184 valence electrons. The molecule has 2 rings (SSSR count). The highest BCUT2D eigenvalue weighted by atomic mass is 35.5. The number of nitrogens with one attached hydrogen (secondary N) is 2. The van der Waals surface area contributed by atoms with Gasteiger partial charge in [-0.2, -0.15) is 0 Å². The molecule has 0 aliphatic rings. The van der Waals surface area contributed by atoms with Crippen molar-refractivity contribution in [1.82, 2.24) is 10.0 Å². The van der Waals surface area contributed by atoms with E-state index in [1.807, 2.05) is 0 Å². The molecule has 0 aromatic heterocycles. The van der Waals surface area contributed by atoms with Gasteiger partial charge < -0.3 is 15.2 Å². The lowest BCUT2D eigenvalue weighted by molar-refractivity contribution is -0.136. The molecule has 0 unspecified atom stereocenters. The Hall–Kier alpha value is -2.66. The van der Waals surface area contributed by atoms with Gasteiger partial charge in [-0.05, 0) is 68.9 Å². The molecule has 34 heavy (non-hydrogen) atoms. The summed E-state index contributed by atoms with van der Waals surface area (Å²) in [5, 5.41) is 12.0. The number of hydrogen-bond acceptors (Lipinski definition) is 6. The molecule has 0 bridgehead atoms. The van der Waals surface area contributed by atoms with Gasteiger partial charge in [-0.15, -0.1) is 0 Å². The largest absolute Gasteiger partial charge is 0.481 e. The first-order valence-corrected chi connectivity index (χ1v) is 12.3. The normalized spacial score (nSPS) is 11.8. The van der Waals surface area contributed by atoms with E-state index in [1.54, 1.807) is 25.1 Å². The highest BCUT2D eigenvalue weighted by Crippen LogP contribution is 2.35. The number of benzene rings is 2. The number of ether oxygens (including phenoxy) is 1. The van der Waals surface area contributed by atoms with Gasteiger partial charge in [-0.25, -0.2) is 17.8 Å². The highest BCUT2D eigenvalue weighted by Gasteiger charge is 2.23. The second-order valence-corrected chi connectivity index (χ2v) is 9.50. The van der Waals surface area contributed by atoms with Crippen molar-refractivity contribution in [2.75, 3.05) is 13.1 Å². The first-order valence-electron chi connectivity index (χ1n) is 10.1. The Morgan fingerprint density at radius 1 is 1.24 bits per heavy atom. The van der Waals surface area contributed by atoms with E-state index >= 15 is 0 Å². The van der Waals surface area contributed by atoms with Crippen molar-refractivity contribution in [1.29, 1.82) is 0 Å². The molecule has 8 nitrogen and oxygen atoms in total. The standard InChI is InChI=1S/C22H24Cl2FN3O5S/c1-3-21(26-2)28-34(31,32)20-12-16(24)19(13-17(20)25)33-18-7-6-15(23)11-14(18)5-4-9-27-10-8-22(29)30/h3,6-7,11-13,27-28H,2,4-5,8-10H2,1H3,(H,29,30). The lowest BCUT2D eigenvalue weighted by Gasteiger charge is -2.15. The molecule has 0 heterocycles. The van der Waals surface area contributed by atoms with E-state index in [0.29, 0.717) is 36.7 Å². The number of allylic oxidation sites excluding steroid dienone is 1. The zero-order chi connectivity index (χ0) is 25.3. The maximum atomic E-state index is 14.7. The Morgan fingerprint density at radius 2 is 1.97 bits per heavy atom. The molecular formula is C22H24Cl2FN3O5S. The van der Waals surface area contributed by atoms with Crippen molar-refractivity contribution in [3.63, 3.8) is 0 Å². The molecule has 0 spiro atoms. The van der Waals surface area contributed by atoms with Crippen molar-refractivity contribution in [2.45, 2.75) is 31.1 Å². The summed E-state index contributed by atoms with van der Waals surface area (Å²) in [5.74, 6) is -1.70. The van der Waals surface area contributed by atoms with Crippen LogP contribution in [0, 0.1) is 5.82 Å². The number of carboxylic acid groups (broad SMARTS) is 1. The third kappa shape index (κ3) is 7.98. The summed E-state index contributed by atoms with van der Waals surface area (Å²) in [6.45, 7) is 5.71. The smallest absolute Gasteiger partial charge is 0.304 e. The van der Waals surface area contributed by atoms with E-state index in [1.165, 1.54) is 6.08 Å². The Morgan fingerprint density at radius 3 is 2.62 bits per heavy atom. The van der Waals surface area contributed by atoms with Crippen molar-refractivity contribution in [3.05, 3.63) is 63.7 Å². The Bertz CT molecular complexity index is 1190. The predicted octanol–water partition coefficient (Wildman–Crippen LogP) is 4.76. The number of hydrogen-bond donors (Lipinski definition) is 3. The molecule has 0 saturated carbocycles. The fraction of sp³-hybridized carbons (Fsp3) is 0.273. The molecule has 0 aliphatic heterocycles. The molecule has 12 heteroatoms. The SMILES string of the molecule is C=NC(=CC)NS(=O)(=O)c1cc(Cl)c(Oc2ccc(Cl)cc2CCCNCCC(=O)O)cc1F. The Balaban J connectivity index is 2.20. The maximum Gasteiger partial charge on any atom is 0.304 e. The van der Waals surface area contributed by atoms with Gasteiger partial charge in [0.25, 0.3) is 10.0 Å². The number of aliphatic carboxylic acids is 1. The minimum atomic E-state index is -4.29. The van der Waals surface area contributed by atoms with Crippen molar-refractivity contribution in [3.8, 4) is 11.5 Å². The van der Waals surface area contributed by atoms with E-state index in [9.17, 15) is 17.6 Å². The van der Waals surface area contributed by atoms with E-state index < -0.39 is 26.7 Å².